The fraction of sp³-hybridized carbons (Fsp3) is 0.478. The molecule has 1 unspecified atom stereocenters. The zero-order valence-corrected chi connectivity index (χ0v) is 18.7. The number of rotatable bonds is 7. The maximum atomic E-state index is 13.0. The summed E-state index contributed by atoms with van der Waals surface area (Å²) >= 11 is 6.58. The third-order valence-electron chi connectivity index (χ3n) is 5.73. The van der Waals surface area contributed by atoms with Crippen molar-refractivity contribution in [2.75, 3.05) is 33.8 Å². The molecule has 1 aromatic heterocycles. The predicted octanol–water partition coefficient (Wildman–Crippen LogP) is 4.04. The summed E-state index contributed by atoms with van der Waals surface area (Å²) < 4.78 is 5.93. The van der Waals surface area contributed by atoms with Gasteiger partial charge in [-0.3, -0.25) is 4.98 Å². The lowest BCUT2D eigenvalue weighted by molar-refractivity contribution is 0.0945. The summed E-state index contributed by atoms with van der Waals surface area (Å²) in [6.45, 7) is 4.72. The highest BCUT2D eigenvalue weighted by molar-refractivity contribution is 6.32. The molecule has 1 aromatic carbocycles. The van der Waals surface area contributed by atoms with Crippen molar-refractivity contribution in [1.82, 2.24) is 20.1 Å². The predicted molar refractivity (Wildman–Crippen MR) is 120 cm³/mol. The van der Waals surface area contributed by atoms with E-state index in [1.807, 2.05) is 49.2 Å². The van der Waals surface area contributed by atoms with Gasteiger partial charge in [-0.1, -0.05) is 35.9 Å². The molecule has 30 heavy (non-hydrogen) atoms. The molecule has 7 heteroatoms. The van der Waals surface area contributed by atoms with Crippen molar-refractivity contribution in [3.8, 4) is 0 Å². The van der Waals surface area contributed by atoms with Gasteiger partial charge < -0.3 is 19.9 Å². The third-order valence-corrected chi connectivity index (χ3v) is 6.24. The molecule has 1 fully saturated rings. The number of hydrogen-bond donors (Lipinski definition) is 1. The molecule has 1 N–H and O–H groups in total. The number of amides is 2. The first-order valence-corrected chi connectivity index (χ1v) is 10.8. The zero-order chi connectivity index (χ0) is 21.5. The van der Waals surface area contributed by atoms with E-state index in [1.54, 1.807) is 12.4 Å². The number of aryl methyl sites for hydroxylation is 1. The minimum atomic E-state index is -0.338. The monoisotopic (exact) mass is 430 g/mol. The molecule has 3 rings (SSSR count). The Kier molecular flexibility index (Phi) is 8.08. The van der Waals surface area contributed by atoms with Gasteiger partial charge in [-0.15, -0.1) is 0 Å². The van der Waals surface area contributed by atoms with Crippen LogP contribution in [0, 0.1) is 6.92 Å². The minimum absolute atomic E-state index is 0.0999. The van der Waals surface area contributed by atoms with E-state index in [0.717, 1.165) is 42.6 Å². The average Bonchev–Trinajstić information content (AvgIpc) is 2.76. The molecule has 1 aliphatic heterocycles. The molecule has 162 valence electrons. The molecule has 0 aliphatic carbocycles. The molecular weight excluding hydrogens is 400 g/mol. The first-order chi connectivity index (χ1) is 14.5. The Bertz CT molecular complexity index is 825. The average molecular weight is 431 g/mol. The Labute approximate surface area is 184 Å². The first-order valence-electron chi connectivity index (χ1n) is 10.4. The van der Waals surface area contributed by atoms with E-state index in [1.165, 1.54) is 0 Å². The molecule has 1 atom stereocenters. The Morgan fingerprint density at radius 1 is 1.33 bits per heavy atom. The molecule has 0 spiro atoms. The van der Waals surface area contributed by atoms with Gasteiger partial charge in [0.15, 0.2) is 0 Å². The normalized spacial score (nSPS) is 16.3. The number of nitrogens with one attached hydrogen (secondary N) is 1. The topological polar surface area (TPSA) is 57.7 Å². The lowest BCUT2D eigenvalue weighted by Gasteiger charge is -2.36. The van der Waals surface area contributed by atoms with E-state index in [0.29, 0.717) is 18.2 Å². The number of aromatic nitrogens is 1. The van der Waals surface area contributed by atoms with Crippen LogP contribution in [-0.2, 0) is 11.3 Å². The number of urea groups is 1. The number of piperidine rings is 1. The molecule has 0 radical (unpaired) electrons. The number of pyridine rings is 1. The lowest BCUT2D eigenvalue weighted by Crippen LogP contribution is -2.49. The van der Waals surface area contributed by atoms with Crippen LogP contribution in [0.4, 0.5) is 4.79 Å². The summed E-state index contributed by atoms with van der Waals surface area (Å²) in [5.74, 6) is 0. The molecule has 1 aliphatic rings. The van der Waals surface area contributed by atoms with Crippen molar-refractivity contribution >= 4 is 17.6 Å². The van der Waals surface area contributed by atoms with Gasteiger partial charge in [0, 0.05) is 30.5 Å². The summed E-state index contributed by atoms with van der Waals surface area (Å²) in [7, 11) is 3.99. The van der Waals surface area contributed by atoms with Gasteiger partial charge in [-0.05, 0) is 62.7 Å². The highest BCUT2D eigenvalue weighted by Gasteiger charge is 2.26. The quantitative estimate of drug-likeness (QED) is 0.720. The molecule has 1 saturated heterocycles. The smallest absolute Gasteiger partial charge is 0.317 e. The van der Waals surface area contributed by atoms with Gasteiger partial charge >= 0.3 is 6.03 Å². The molecule has 6 nitrogen and oxygen atoms in total. The van der Waals surface area contributed by atoms with Crippen molar-refractivity contribution < 1.29 is 9.53 Å². The summed E-state index contributed by atoms with van der Waals surface area (Å²) in [4.78, 5) is 21.3. The highest BCUT2D eigenvalue weighted by Crippen LogP contribution is 2.27. The maximum Gasteiger partial charge on any atom is 0.317 e. The van der Waals surface area contributed by atoms with E-state index in [-0.39, 0.29) is 18.1 Å². The number of likely N-dealkylation sites (tertiary alicyclic amines) is 1. The summed E-state index contributed by atoms with van der Waals surface area (Å²) in [5, 5.41) is 3.81. The van der Waals surface area contributed by atoms with E-state index < -0.39 is 0 Å². The zero-order valence-electron chi connectivity index (χ0n) is 18.0. The molecular formula is C23H31ClN4O2. The standard InChI is InChI=1S/C23H31ClN4O2/c1-17-6-4-8-20(22(17)24)21(16-30-15-18-7-5-11-25-14-18)26-23(29)28(3)19-9-12-27(2)13-10-19/h4-8,11,14,19,21H,9-10,12-13,15-16H2,1-3H3,(H,26,29). The van der Waals surface area contributed by atoms with E-state index in [9.17, 15) is 4.79 Å². The van der Waals surface area contributed by atoms with E-state index >= 15 is 0 Å². The minimum Gasteiger partial charge on any atom is -0.374 e. The number of carbonyl (C=O) groups excluding carboxylic acids is 1. The fourth-order valence-electron chi connectivity index (χ4n) is 3.73. The number of benzene rings is 1. The van der Waals surface area contributed by atoms with Crippen molar-refractivity contribution in [3.05, 3.63) is 64.4 Å². The Morgan fingerprint density at radius 2 is 2.10 bits per heavy atom. The second kappa shape index (κ2) is 10.8. The largest absolute Gasteiger partial charge is 0.374 e. The van der Waals surface area contributed by atoms with Crippen LogP contribution in [0.3, 0.4) is 0 Å². The van der Waals surface area contributed by atoms with Crippen LogP contribution < -0.4 is 5.32 Å². The van der Waals surface area contributed by atoms with Crippen LogP contribution >= 0.6 is 11.6 Å². The van der Waals surface area contributed by atoms with Crippen molar-refractivity contribution in [2.24, 2.45) is 0 Å². The van der Waals surface area contributed by atoms with Crippen LogP contribution in [0.15, 0.2) is 42.7 Å². The van der Waals surface area contributed by atoms with Gasteiger partial charge in [0.25, 0.3) is 0 Å². The van der Waals surface area contributed by atoms with Gasteiger partial charge in [-0.2, -0.15) is 0 Å². The fourth-order valence-corrected chi connectivity index (χ4v) is 3.98. The van der Waals surface area contributed by atoms with E-state index in [4.69, 9.17) is 16.3 Å². The highest BCUT2D eigenvalue weighted by atomic mass is 35.5. The Balaban J connectivity index is 1.68. The van der Waals surface area contributed by atoms with E-state index in [2.05, 4.69) is 22.2 Å². The first kappa shape index (κ1) is 22.5. The second-order valence-electron chi connectivity index (χ2n) is 8.00. The number of halogens is 1. The number of nitrogens with zero attached hydrogens (tertiary/aromatic N) is 3. The van der Waals surface area contributed by atoms with Gasteiger partial charge in [0.1, 0.15) is 0 Å². The SMILES string of the molecule is Cc1cccc(C(COCc2cccnc2)NC(=O)N(C)C2CCN(C)CC2)c1Cl. The van der Waals surface area contributed by atoms with Crippen LogP contribution in [-0.4, -0.2) is 60.6 Å². The molecule has 0 bridgehead atoms. The summed E-state index contributed by atoms with van der Waals surface area (Å²) in [6.07, 6.45) is 5.47. The molecule has 2 aromatic rings. The number of carbonyl (C=O) groups is 1. The van der Waals surface area contributed by atoms with Crippen molar-refractivity contribution in [2.45, 2.75) is 38.5 Å². The third kappa shape index (κ3) is 5.94. The van der Waals surface area contributed by atoms with Crippen LogP contribution in [0.25, 0.3) is 0 Å². The number of hydrogen-bond acceptors (Lipinski definition) is 4. The van der Waals surface area contributed by atoms with Gasteiger partial charge in [-0.25, -0.2) is 4.79 Å². The maximum absolute atomic E-state index is 13.0. The number of ether oxygens (including phenoxy) is 1. The Morgan fingerprint density at radius 3 is 2.80 bits per heavy atom. The molecule has 0 saturated carbocycles. The van der Waals surface area contributed by atoms with Crippen LogP contribution in [0.5, 0.6) is 0 Å². The van der Waals surface area contributed by atoms with Crippen LogP contribution in [0.1, 0.15) is 35.6 Å². The van der Waals surface area contributed by atoms with Gasteiger partial charge in [0.2, 0.25) is 0 Å². The lowest BCUT2D eigenvalue weighted by atomic mass is 10.0. The second-order valence-corrected chi connectivity index (χ2v) is 8.38. The van der Waals surface area contributed by atoms with Crippen molar-refractivity contribution in [3.63, 3.8) is 0 Å². The van der Waals surface area contributed by atoms with Crippen LogP contribution in [0.2, 0.25) is 5.02 Å². The summed E-state index contributed by atoms with van der Waals surface area (Å²) in [6, 6.07) is 9.52. The van der Waals surface area contributed by atoms with Gasteiger partial charge in [0.05, 0.1) is 19.3 Å². The molecule has 2 heterocycles. The summed E-state index contributed by atoms with van der Waals surface area (Å²) in [5.41, 5.74) is 2.83. The van der Waals surface area contributed by atoms with Crippen molar-refractivity contribution in [1.29, 1.82) is 0 Å². The Hall–Kier alpha value is -2.15. The molecule has 2 amide bonds.